The van der Waals surface area contributed by atoms with Gasteiger partial charge in [-0.2, -0.15) is 11.8 Å². The van der Waals surface area contributed by atoms with Crippen LogP contribution in [0.1, 0.15) is 48.0 Å². The summed E-state index contributed by atoms with van der Waals surface area (Å²) in [4.78, 5) is 11.6. The molecule has 0 aromatic rings. The quantitative estimate of drug-likeness (QED) is 0.672. The van der Waals surface area contributed by atoms with Crippen molar-refractivity contribution in [3.63, 3.8) is 0 Å². The second-order valence-corrected chi connectivity index (χ2v) is 6.99. The van der Waals surface area contributed by atoms with Gasteiger partial charge in [0.25, 0.3) is 0 Å². The van der Waals surface area contributed by atoms with E-state index in [9.17, 15) is 4.79 Å². The second kappa shape index (κ2) is 5.79. The van der Waals surface area contributed by atoms with Crippen LogP contribution in [0, 0.1) is 11.8 Å². The lowest BCUT2D eigenvalue weighted by molar-refractivity contribution is -0.122. The summed E-state index contributed by atoms with van der Waals surface area (Å²) in [5.74, 6) is 2.40. The van der Waals surface area contributed by atoms with Crippen molar-refractivity contribution in [2.75, 3.05) is 5.75 Å². The van der Waals surface area contributed by atoms with Crippen LogP contribution < -0.4 is 0 Å². The molecule has 0 saturated carbocycles. The van der Waals surface area contributed by atoms with E-state index in [0.29, 0.717) is 18.1 Å². The van der Waals surface area contributed by atoms with Gasteiger partial charge in [0, 0.05) is 17.1 Å². The van der Waals surface area contributed by atoms with Crippen molar-refractivity contribution in [1.82, 2.24) is 0 Å². The highest BCUT2D eigenvalue weighted by Crippen LogP contribution is 2.30. The number of rotatable bonds is 6. The van der Waals surface area contributed by atoms with E-state index in [1.165, 1.54) is 0 Å². The molecule has 0 aliphatic heterocycles. The van der Waals surface area contributed by atoms with Crippen LogP contribution in [0.3, 0.4) is 0 Å². The van der Waals surface area contributed by atoms with Gasteiger partial charge in [-0.25, -0.2) is 0 Å². The number of ketones is 1. The zero-order valence-corrected chi connectivity index (χ0v) is 11.2. The van der Waals surface area contributed by atoms with E-state index in [-0.39, 0.29) is 10.7 Å². The van der Waals surface area contributed by atoms with E-state index in [0.717, 1.165) is 5.75 Å². The summed E-state index contributed by atoms with van der Waals surface area (Å²) in [6.45, 7) is 12.7. The normalized spacial score (nSPS) is 12.6. The first-order chi connectivity index (χ1) is 6.24. The molecule has 1 nitrogen and oxygen atoms in total. The first kappa shape index (κ1) is 14.0. The fourth-order valence-electron chi connectivity index (χ4n) is 1.07. The maximum atomic E-state index is 11.6. The number of hydrogen-bond donors (Lipinski definition) is 0. The van der Waals surface area contributed by atoms with E-state index in [4.69, 9.17) is 0 Å². The molecule has 0 spiro atoms. The number of hydrogen-bond acceptors (Lipinski definition) is 2. The average Bonchev–Trinajstić information content (AvgIpc) is 2.00. The average molecular weight is 216 g/mol. The molecule has 0 aromatic carbocycles. The van der Waals surface area contributed by atoms with Crippen LogP contribution in [0.25, 0.3) is 0 Å². The first-order valence-electron chi connectivity index (χ1n) is 5.41. The van der Waals surface area contributed by atoms with Crippen molar-refractivity contribution in [2.24, 2.45) is 11.8 Å². The Morgan fingerprint density at radius 3 is 2.07 bits per heavy atom. The largest absolute Gasteiger partial charge is 0.299 e. The lowest BCUT2D eigenvalue weighted by Crippen LogP contribution is -2.24. The van der Waals surface area contributed by atoms with Crippen molar-refractivity contribution in [3.05, 3.63) is 0 Å². The van der Waals surface area contributed by atoms with Gasteiger partial charge in [-0.05, 0) is 11.7 Å². The third kappa shape index (κ3) is 6.47. The van der Waals surface area contributed by atoms with Crippen LogP contribution in [-0.4, -0.2) is 16.3 Å². The highest BCUT2D eigenvalue weighted by molar-refractivity contribution is 8.00. The Kier molecular flexibility index (Phi) is 5.80. The lowest BCUT2D eigenvalue weighted by atomic mass is 9.99. The van der Waals surface area contributed by atoms with Crippen molar-refractivity contribution in [2.45, 2.75) is 52.7 Å². The molecule has 0 atom stereocenters. The van der Waals surface area contributed by atoms with Crippen molar-refractivity contribution >= 4 is 17.5 Å². The Morgan fingerprint density at radius 2 is 1.71 bits per heavy atom. The smallest absolute Gasteiger partial charge is 0.136 e. The van der Waals surface area contributed by atoms with E-state index in [2.05, 4.69) is 27.7 Å². The molecule has 0 rings (SSSR count). The summed E-state index contributed by atoms with van der Waals surface area (Å²) in [6.07, 6.45) is 0.696. The minimum absolute atomic E-state index is 0.103. The molecule has 0 aromatic heterocycles. The summed E-state index contributed by atoms with van der Waals surface area (Å²) < 4.78 is 0.103. The molecule has 14 heavy (non-hydrogen) atoms. The highest BCUT2D eigenvalue weighted by atomic mass is 32.2. The van der Waals surface area contributed by atoms with E-state index < -0.39 is 0 Å². The number of Topliss-reactive ketones (excluding diaryl/α,β-unsaturated/α-hetero) is 1. The number of carbonyl (C=O) groups is 1. The highest BCUT2D eigenvalue weighted by Gasteiger charge is 2.23. The van der Waals surface area contributed by atoms with E-state index >= 15 is 0 Å². The van der Waals surface area contributed by atoms with Crippen LogP contribution in [0.5, 0.6) is 0 Å². The Bertz CT molecular complexity index is 183. The fraction of sp³-hybridized carbons (Fsp3) is 0.917. The Balaban J connectivity index is 4.00. The summed E-state index contributed by atoms with van der Waals surface area (Å²) in [7, 11) is 0. The van der Waals surface area contributed by atoms with Gasteiger partial charge in [0.05, 0.1) is 0 Å². The zero-order valence-electron chi connectivity index (χ0n) is 10.4. The van der Waals surface area contributed by atoms with E-state index in [1.807, 2.05) is 25.6 Å². The lowest BCUT2D eigenvalue weighted by Gasteiger charge is -2.25. The van der Waals surface area contributed by atoms with Crippen molar-refractivity contribution in [3.8, 4) is 0 Å². The maximum Gasteiger partial charge on any atom is 0.136 e. The molecular weight excluding hydrogens is 192 g/mol. The molecule has 0 amide bonds. The second-order valence-electron chi connectivity index (χ2n) is 5.26. The molecular formula is C12H24OS. The van der Waals surface area contributed by atoms with Crippen molar-refractivity contribution in [1.29, 1.82) is 0 Å². The Morgan fingerprint density at radius 1 is 1.21 bits per heavy atom. The summed E-state index contributed by atoms with van der Waals surface area (Å²) >= 11 is 1.91. The third-order valence-corrected chi connectivity index (χ3v) is 3.81. The van der Waals surface area contributed by atoms with Gasteiger partial charge >= 0.3 is 0 Å². The Labute approximate surface area is 93.0 Å². The standard InChI is InChI=1S/C12H24OS/c1-9(2)8-14-12(5,6)7-11(13)10(3)4/h9-10H,7-8H2,1-6H3. The van der Waals surface area contributed by atoms with Gasteiger partial charge in [-0.15, -0.1) is 0 Å². The van der Waals surface area contributed by atoms with Crippen LogP contribution >= 0.6 is 11.8 Å². The molecule has 0 N–H and O–H groups in total. The minimum atomic E-state index is 0.103. The van der Waals surface area contributed by atoms with Crippen molar-refractivity contribution < 1.29 is 4.79 Å². The molecule has 0 aliphatic rings. The molecule has 0 aliphatic carbocycles. The molecule has 0 bridgehead atoms. The summed E-state index contributed by atoms with van der Waals surface area (Å²) in [6, 6.07) is 0. The number of carbonyl (C=O) groups excluding carboxylic acids is 1. The van der Waals surface area contributed by atoms with Crippen LogP contribution in [0.4, 0.5) is 0 Å². The van der Waals surface area contributed by atoms with Gasteiger partial charge in [0.2, 0.25) is 0 Å². The molecule has 0 fully saturated rings. The molecule has 0 heterocycles. The molecule has 2 heteroatoms. The monoisotopic (exact) mass is 216 g/mol. The predicted molar refractivity (Wildman–Crippen MR) is 65.8 cm³/mol. The Hall–Kier alpha value is 0.0200. The van der Waals surface area contributed by atoms with Gasteiger partial charge in [-0.3, -0.25) is 4.79 Å². The van der Waals surface area contributed by atoms with Gasteiger partial charge in [0.1, 0.15) is 5.78 Å². The van der Waals surface area contributed by atoms with Gasteiger partial charge in [0.15, 0.2) is 0 Å². The van der Waals surface area contributed by atoms with Crippen LogP contribution in [0.2, 0.25) is 0 Å². The van der Waals surface area contributed by atoms with Gasteiger partial charge in [-0.1, -0.05) is 41.5 Å². The molecule has 0 saturated heterocycles. The number of thioether (sulfide) groups is 1. The first-order valence-corrected chi connectivity index (χ1v) is 6.40. The zero-order chi connectivity index (χ0) is 11.4. The molecule has 0 unspecified atom stereocenters. The van der Waals surface area contributed by atoms with Gasteiger partial charge < -0.3 is 0 Å². The topological polar surface area (TPSA) is 17.1 Å². The maximum absolute atomic E-state index is 11.6. The van der Waals surface area contributed by atoms with E-state index in [1.54, 1.807) is 0 Å². The minimum Gasteiger partial charge on any atom is -0.299 e. The van der Waals surface area contributed by atoms with Crippen LogP contribution in [0.15, 0.2) is 0 Å². The fourth-order valence-corrected chi connectivity index (χ4v) is 2.10. The third-order valence-electron chi connectivity index (χ3n) is 2.05. The predicted octanol–water partition coefficient (Wildman–Crippen LogP) is 3.77. The summed E-state index contributed by atoms with van der Waals surface area (Å²) in [5, 5.41) is 0. The molecule has 84 valence electrons. The van der Waals surface area contributed by atoms with Crippen LogP contribution in [-0.2, 0) is 4.79 Å². The SMILES string of the molecule is CC(C)CSC(C)(C)CC(=O)C(C)C. The summed E-state index contributed by atoms with van der Waals surface area (Å²) in [5.41, 5.74) is 0. The molecule has 0 radical (unpaired) electrons.